The van der Waals surface area contributed by atoms with Crippen molar-refractivity contribution in [3.05, 3.63) is 89.0 Å². The van der Waals surface area contributed by atoms with Crippen LogP contribution in [0.2, 0.25) is 0 Å². The number of fused-ring (bicyclic) bond motifs is 1. The van der Waals surface area contributed by atoms with E-state index < -0.39 is 34.6 Å². The monoisotopic (exact) mass is 574 g/mol. The highest BCUT2D eigenvalue weighted by molar-refractivity contribution is 7.89. The number of halogens is 3. The van der Waals surface area contributed by atoms with E-state index in [0.29, 0.717) is 22.5 Å². The quantitative estimate of drug-likeness (QED) is 0.409. The van der Waals surface area contributed by atoms with Crippen LogP contribution in [0, 0.1) is 12.8 Å². The Kier molecular flexibility index (Phi) is 7.15. The van der Waals surface area contributed by atoms with Gasteiger partial charge in [-0.15, -0.1) is 0 Å². The van der Waals surface area contributed by atoms with E-state index in [-0.39, 0.29) is 36.1 Å². The van der Waals surface area contributed by atoms with E-state index in [9.17, 15) is 26.4 Å². The van der Waals surface area contributed by atoms with Crippen molar-refractivity contribution in [3.8, 4) is 0 Å². The summed E-state index contributed by atoms with van der Waals surface area (Å²) in [5, 5.41) is 5.21. The zero-order valence-corrected chi connectivity index (χ0v) is 22.5. The molecule has 0 radical (unpaired) electrons. The first-order chi connectivity index (χ1) is 18.5. The molecule has 204 valence electrons. The van der Waals surface area contributed by atoms with E-state index in [1.807, 2.05) is 6.92 Å². The molecule has 3 heterocycles. The van der Waals surface area contributed by atoms with Gasteiger partial charge in [-0.05, 0) is 66.3 Å². The summed E-state index contributed by atoms with van der Waals surface area (Å²) in [5.74, 6) is -1.82. The van der Waals surface area contributed by atoms with Gasteiger partial charge in [-0.2, -0.15) is 17.5 Å². The van der Waals surface area contributed by atoms with Crippen LogP contribution in [0.25, 0.3) is 0 Å². The molecular weight excluding hydrogens is 549 g/mol. The standard InChI is InChI=1S/C27H25F3N4O3S2/c1-17-6-8-20(9-7-17)39(36,37)34-13-11-19(27(28,29)30)14-23(34)21-5-3-2-4-18(21)15-33-22-10-12-31-25(22)26(35)32-24(33)16-38/h2-10,12,19,23,31H,11,13-15H2,1H3,(H,32,35). The second-order valence-corrected chi connectivity index (χ2v) is 11.7. The largest absolute Gasteiger partial charge is 0.391 e. The summed E-state index contributed by atoms with van der Waals surface area (Å²) >= 11 is 5.00. The van der Waals surface area contributed by atoms with Crippen molar-refractivity contribution in [2.75, 3.05) is 11.4 Å². The van der Waals surface area contributed by atoms with Crippen LogP contribution in [0.1, 0.15) is 46.1 Å². The molecule has 2 aliphatic rings. The van der Waals surface area contributed by atoms with Crippen molar-refractivity contribution in [3.63, 3.8) is 0 Å². The fourth-order valence-corrected chi connectivity index (χ4v) is 6.99. The number of alkyl halides is 3. The highest BCUT2D eigenvalue weighted by Crippen LogP contribution is 2.45. The van der Waals surface area contributed by atoms with E-state index in [4.69, 9.17) is 12.2 Å². The number of rotatable bonds is 5. The van der Waals surface area contributed by atoms with Crippen LogP contribution in [0.15, 0.2) is 71.5 Å². The van der Waals surface area contributed by atoms with Crippen LogP contribution in [-0.4, -0.2) is 41.4 Å². The van der Waals surface area contributed by atoms with E-state index in [1.54, 1.807) is 53.6 Å². The number of carbonyl (C=O) groups is 1. The summed E-state index contributed by atoms with van der Waals surface area (Å²) in [4.78, 5) is 17.0. The van der Waals surface area contributed by atoms with Gasteiger partial charge in [0.05, 0.1) is 29.1 Å². The summed E-state index contributed by atoms with van der Waals surface area (Å²) in [7, 11) is -4.10. The van der Waals surface area contributed by atoms with Crippen molar-refractivity contribution >= 4 is 38.9 Å². The summed E-state index contributed by atoms with van der Waals surface area (Å²) in [6.45, 7) is 1.67. The average molecular weight is 575 g/mol. The molecule has 1 amide bonds. The molecule has 5 rings (SSSR count). The zero-order valence-electron chi connectivity index (χ0n) is 20.8. The number of piperidine rings is 1. The van der Waals surface area contributed by atoms with Crippen molar-refractivity contribution in [2.24, 2.45) is 5.92 Å². The fraction of sp³-hybridized carbons (Fsp3) is 0.296. The first-order valence-corrected chi connectivity index (χ1v) is 14.1. The van der Waals surface area contributed by atoms with Crippen molar-refractivity contribution in [2.45, 2.75) is 43.4 Å². The minimum absolute atomic E-state index is 0.0303. The number of nitrogens with one attached hydrogen (secondary N) is 2. The predicted octanol–water partition coefficient (Wildman–Crippen LogP) is 5.22. The van der Waals surface area contributed by atoms with Gasteiger partial charge in [-0.1, -0.05) is 42.0 Å². The lowest BCUT2D eigenvalue weighted by Gasteiger charge is -2.40. The third-order valence-electron chi connectivity index (χ3n) is 7.23. The number of aromatic amines is 1. The van der Waals surface area contributed by atoms with Gasteiger partial charge in [0.25, 0.3) is 5.91 Å². The predicted molar refractivity (Wildman–Crippen MR) is 144 cm³/mol. The molecule has 12 heteroatoms. The average Bonchev–Trinajstić information content (AvgIpc) is 3.41. The Morgan fingerprint density at radius 2 is 1.82 bits per heavy atom. The molecular formula is C27H25F3N4O3S2. The molecule has 1 aromatic heterocycles. The van der Waals surface area contributed by atoms with Crippen LogP contribution in [0.4, 0.5) is 18.9 Å². The number of nitrogens with zero attached hydrogens (tertiary/aromatic N) is 2. The third kappa shape index (κ3) is 5.12. The lowest BCUT2D eigenvalue weighted by Crippen LogP contribution is -2.45. The third-order valence-corrected chi connectivity index (χ3v) is 9.34. The van der Waals surface area contributed by atoms with Gasteiger partial charge in [-0.3, -0.25) is 10.1 Å². The molecule has 0 saturated carbocycles. The first kappa shape index (κ1) is 27.1. The Bertz CT molecular complexity index is 1560. The maximum atomic E-state index is 13.9. The Balaban J connectivity index is 1.58. The van der Waals surface area contributed by atoms with Gasteiger partial charge in [0, 0.05) is 12.7 Å². The maximum Gasteiger partial charge on any atom is 0.391 e. The molecule has 1 fully saturated rings. The number of carbonyl (C=O) groups excluding carboxylic acids is 1. The maximum absolute atomic E-state index is 13.9. The molecule has 2 aromatic carbocycles. The Labute approximate surface area is 229 Å². The van der Waals surface area contributed by atoms with Crippen molar-refractivity contribution in [1.29, 1.82) is 0 Å². The van der Waals surface area contributed by atoms with Crippen molar-refractivity contribution in [1.82, 2.24) is 14.6 Å². The zero-order chi connectivity index (χ0) is 27.9. The number of sulfonamides is 1. The second-order valence-electron chi connectivity index (χ2n) is 9.64. The van der Waals surface area contributed by atoms with Gasteiger partial charge < -0.3 is 9.88 Å². The first-order valence-electron chi connectivity index (χ1n) is 12.2. The lowest BCUT2D eigenvalue weighted by molar-refractivity contribution is -0.187. The number of benzene rings is 2. The Hall–Kier alpha value is -3.44. The molecule has 0 bridgehead atoms. The minimum Gasteiger partial charge on any atom is -0.355 e. The van der Waals surface area contributed by atoms with Crippen LogP contribution < -0.4 is 10.2 Å². The van der Waals surface area contributed by atoms with Gasteiger partial charge in [0.15, 0.2) is 5.82 Å². The number of amides is 1. The number of hydrogen-bond acceptors (Lipinski definition) is 5. The van der Waals surface area contributed by atoms with E-state index >= 15 is 0 Å². The van der Waals surface area contributed by atoms with Gasteiger partial charge >= 0.3 is 6.18 Å². The normalized spacial score (nSPS) is 20.4. The number of hydrogen-bond donors (Lipinski definition) is 2. The number of anilines is 1. The number of thiocarbonyl (C=S) groups is 1. The molecule has 2 unspecified atom stereocenters. The molecule has 2 N–H and O–H groups in total. The number of H-pyrrole nitrogens is 1. The minimum atomic E-state index is -4.46. The Morgan fingerprint density at radius 3 is 2.51 bits per heavy atom. The lowest BCUT2D eigenvalue weighted by atomic mass is 9.86. The molecule has 1 saturated heterocycles. The molecule has 0 spiro atoms. The van der Waals surface area contributed by atoms with Crippen LogP contribution >= 0.6 is 12.2 Å². The van der Waals surface area contributed by atoms with Crippen LogP contribution in [0.3, 0.4) is 0 Å². The molecule has 39 heavy (non-hydrogen) atoms. The van der Waals surface area contributed by atoms with E-state index in [1.165, 1.54) is 16.4 Å². The SMILES string of the molecule is Cc1ccc(S(=O)(=O)N2CCC(C(F)(F)F)CC2c2ccccc2CN2C(=C=S)NC(=O)c3[nH]ccc32)cc1. The summed E-state index contributed by atoms with van der Waals surface area (Å²) in [6.07, 6.45) is -3.60. The van der Waals surface area contributed by atoms with Gasteiger partial charge in [-0.25, -0.2) is 8.42 Å². The van der Waals surface area contributed by atoms with Gasteiger partial charge in [0.1, 0.15) is 5.69 Å². The van der Waals surface area contributed by atoms with Gasteiger partial charge in [0.2, 0.25) is 10.0 Å². The van der Waals surface area contributed by atoms with E-state index in [2.05, 4.69) is 15.3 Å². The smallest absolute Gasteiger partial charge is 0.355 e. The summed E-state index contributed by atoms with van der Waals surface area (Å²) in [6, 6.07) is 13.7. The van der Waals surface area contributed by atoms with Crippen LogP contribution in [0.5, 0.6) is 0 Å². The molecule has 7 nitrogen and oxygen atoms in total. The highest BCUT2D eigenvalue weighted by Gasteiger charge is 2.48. The molecule has 2 atom stereocenters. The second kappa shape index (κ2) is 10.3. The summed E-state index contributed by atoms with van der Waals surface area (Å²) in [5.41, 5.74) is 2.76. The number of aryl methyl sites for hydroxylation is 1. The summed E-state index contributed by atoms with van der Waals surface area (Å²) < 4.78 is 70.5. The highest BCUT2D eigenvalue weighted by atomic mass is 32.2. The molecule has 0 aliphatic carbocycles. The molecule has 3 aromatic rings. The van der Waals surface area contributed by atoms with E-state index in [0.717, 1.165) is 5.56 Å². The van der Waals surface area contributed by atoms with Crippen LogP contribution in [-0.2, 0) is 16.6 Å². The Morgan fingerprint density at radius 1 is 1.10 bits per heavy atom. The van der Waals surface area contributed by atoms with Crippen molar-refractivity contribution < 1.29 is 26.4 Å². The topological polar surface area (TPSA) is 85.5 Å². The fourth-order valence-electron chi connectivity index (χ4n) is 5.20. The number of aromatic nitrogens is 1. The molecule has 2 aliphatic heterocycles.